The molecule has 14 heavy (non-hydrogen) atoms. The first-order valence-electron chi connectivity index (χ1n) is 5.28. The van der Waals surface area contributed by atoms with Crippen LogP contribution in [-0.4, -0.2) is 30.7 Å². The fraction of sp³-hybridized carbons (Fsp3) is 0.545. The van der Waals surface area contributed by atoms with Crippen molar-refractivity contribution < 1.29 is 0 Å². The first kappa shape index (κ1) is 9.62. The lowest BCUT2D eigenvalue weighted by Gasteiger charge is -2.24. The molecule has 3 nitrogen and oxygen atoms in total. The second-order valence-corrected chi connectivity index (χ2v) is 3.75. The quantitative estimate of drug-likeness (QED) is 0.733. The molecule has 76 valence electrons. The smallest absolute Gasteiger partial charge is 0.0270 e. The van der Waals surface area contributed by atoms with Gasteiger partial charge in [-0.15, -0.1) is 0 Å². The molecule has 1 aliphatic heterocycles. The van der Waals surface area contributed by atoms with Crippen molar-refractivity contribution in [3.05, 3.63) is 30.1 Å². The molecule has 2 heterocycles. The van der Waals surface area contributed by atoms with Gasteiger partial charge in [-0.2, -0.15) is 0 Å². The SMILES string of the molecule is c1cc(CCC2CNCCN2)ccn1. The second-order valence-electron chi connectivity index (χ2n) is 3.75. The number of aromatic nitrogens is 1. The minimum Gasteiger partial charge on any atom is -0.314 e. The van der Waals surface area contributed by atoms with E-state index in [2.05, 4.69) is 27.8 Å². The van der Waals surface area contributed by atoms with Crippen molar-refractivity contribution in [1.82, 2.24) is 15.6 Å². The van der Waals surface area contributed by atoms with Crippen molar-refractivity contribution in [2.24, 2.45) is 0 Å². The zero-order chi connectivity index (χ0) is 9.64. The molecule has 1 aromatic heterocycles. The summed E-state index contributed by atoms with van der Waals surface area (Å²) in [6.07, 6.45) is 6.07. The van der Waals surface area contributed by atoms with E-state index in [1.165, 1.54) is 12.0 Å². The van der Waals surface area contributed by atoms with Crippen LogP contribution in [0.2, 0.25) is 0 Å². The third-order valence-electron chi connectivity index (χ3n) is 2.66. The lowest BCUT2D eigenvalue weighted by molar-refractivity contribution is 0.399. The van der Waals surface area contributed by atoms with Crippen LogP contribution in [0.15, 0.2) is 24.5 Å². The van der Waals surface area contributed by atoms with E-state index in [-0.39, 0.29) is 0 Å². The van der Waals surface area contributed by atoms with E-state index in [9.17, 15) is 0 Å². The van der Waals surface area contributed by atoms with Crippen LogP contribution in [0.4, 0.5) is 0 Å². The van der Waals surface area contributed by atoms with Crippen LogP contribution in [-0.2, 0) is 6.42 Å². The number of hydrogen-bond acceptors (Lipinski definition) is 3. The molecular formula is C11H17N3. The molecule has 3 heteroatoms. The standard InChI is InChI=1S/C11H17N3/c1(10-3-5-12-6-4-10)2-11-9-13-7-8-14-11/h3-6,11,13-14H,1-2,7-9H2. The summed E-state index contributed by atoms with van der Waals surface area (Å²) in [6, 6.07) is 4.82. The van der Waals surface area contributed by atoms with E-state index in [1.54, 1.807) is 0 Å². The second kappa shape index (κ2) is 5.08. The topological polar surface area (TPSA) is 37.0 Å². The van der Waals surface area contributed by atoms with Gasteiger partial charge >= 0.3 is 0 Å². The van der Waals surface area contributed by atoms with Crippen LogP contribution in [0.3, 0.4) is 0 Å². The van der Waals surface area contributed by atoms with Gasteiger partial charge < -0.3 is 10.6 Å². The first-order valence-corrected chi connectivity index (χ1v) is 5.28. The Hall–Kier alpha value is -0.930. The molecule has 0 radical (unpaired) electrons. The lowest BCUT2D eigenvalue weighted by Crippen LogP contribution is -2.48. The molecule has 0 spiro atoms. The molecular weight excluding hydrogens is 174 g/mol. The van der Waals surface area contributed by atoms with Crippen LogP contribution >= 0.6 is 0 Å². The van der Waals surface area contributed by atoms with Crippen molar-refractivity contribution in [2.45, 2.75) is 18.9 Å². The van der Waals surface area contributed by atoms with Gasteiger partial charge in [-0.3, -0.25) is 4.98 Å². The summed E-state index contributed by atoms with van der Waals surface area (Å²) in [6.45, 7) is 3.30. The highest BCUT2D eigenvalue weighted by atomic mass is 15.0. The lowest BCUT2D eigenvalue weighted by atomic mass is 10.1. The predicted octanol–water partition coefficient (Wildman–Crippen LogP) is 0.576. The molecule has 1 aromatic rings. The van der Waals surface area contributed by atoms with Crippen LogP contribution in [0.25, 0.3) is 0 Å². The third kappa shape index (κ3) is 2.79. The number of pyridine rings is 1. The number of piperazine rings is 1. The summed E-state index contributed by atoms with van der Waals surface area (Å²) < 4.78 is 0. The highest BCUT2D eigenvalue weighted by molar-refractivity contribution is 5.09. The highest BCUT2D eigenvalue weighted by Gasteiger charge is 2.10. The number of nitrogens with one attached hydrogen (secondary N) is 2. The molecule has 1 unspecified atom stereocenters. The number of nitrogens with zero attached hydrogens (tertiary/aromatic N) is 1. The summed E-state index contributed by atoms with van der Waals surface area (Å²) in [7, 11) is 0. The average molecular weight is 191 g/mol. The molecule has 0 aliphatic carbocycles. The Kier molecular flexibility index (Phi) is 3.49. The van der Waals surface area contributed by atoms with Gasteiger partial charge in [0.05, 0.1) is 0 Å². The molecule has 1 fully saturated rings. The first-order chi connectivity index (χ1) is 6.95. The van der Waals surface area contributed by atoms with E-state index in [0.29, 0.717) is 6.04 Å². The summed E-state index contributed by atoms with van der Waals surface area (Å²) in [5.41, 5.74) is 1.38. The van der Waals surface area contributed by atoms with Gasteiger partial charge in [-0.1, -0.05) is 0 Å². The maximum Gasteiger partial charge on any atom is 0.0270 e. The summed E-state index contributed by atoms with van der Waals surface area (Å²) in [5.74, 6) is 0. The minimum absolute atomic E-state index is 0.636. The Morgan fingerprint density at radius 3 is 2.86 bits per heavy atom. The average Bonchev–Trinajstić information content (AvgIpc) is 2.29. The zero-order valence-electron chi connectivity index (χ0n) is 8.37. The molecule has 2 N–H and O–H groups in total. The van der Waals surface area contributed by atoms with Crippen LogP contribution < -0.4 is 10.6 Å². The van der Waals surface area contributed by atoms with Crippen molar-refractivity contribution in [3.63, 3.8) is 0 Å². The Morgan fingerprint density at radius 1 is 1.29 bits per heavy atom. The van der Waals surface area contributed by atoms with Crippen LogP contribution in [0.1, 0.15) is 12.0 Å². The van der Waals surface area contributed by atoms with E-state index < -0.39 is 0 Å². The number of hydrogen-bond donors (Lipinski definition) is 2. The van der Waals surface area contributed by atoms with Gasteiger partial charge in [0, 0.05) is 38.1 Å². The molecule has 0 saturated carbocycles. The largest absolute Gasteiger partial charge is 0.314 e. The van der Waals surface area contributed by atoms with Gasteiger partial charge in [0.25, 0.3) is 0 Å². The van der Waals surface area contributed by atoms with Crippen molar-refractivity contribution in [3.8, 4) is 0 Å². The Morgan fingerprint density at radius 2 is 2.14 bits per heavy atom. The Labute approximate surface area is 84.9 Å². The van der Waals surface area contributed by atoms with Crippen molar-refractivity contribution in [2.75, 3.05) is 19.6 Å². The Balaban J connectivity index is 1.76. The van der Waals surface area contributed by atoms with Gasteiger partial charge in [0.15, 0.2) is 0 Å². The Bertz CT molecular complexity index is 254. The zero-order valence-corrected chi connectivity index (χ0v) is 8.37. The van der Waals surface area contributed by atoms with Gasteiger partial charge in [-0.05, 0) is 30.5 Å². The normalized spacial score (nSPS) is 22.1. The summed E-state index contributed by atoms with van der Waals surface area (Å²) in [5, 5.41) is 6.91. The van der Waals surface area contributed by atoms with Crippen molar-refractivity contribution in [1.29, 1.82) is 0 Å². The maximum atomic E-state index is 4.01. The van der Waals surface area contributed by atoms with Gasteiger partial charge in [0.1, 0.15) is 0 Å². The molecule has 1 saturated heterocycles. The van der Waals surface area contributed by atoms with Gasteiger partial charge in [0.2, 0.25) is 0 Å². The predicted molar refractivity (Wildman–Crippen MR) is 57.2 cm³/mol. The maximum absolute atomic E-state index is 4.01. The summed E-state index contributed by atoms with van der Waals surface area (Å²) in [4.78, 5) is 4.01. The summed E-state index contributed by atoms with van der Waals surface area (Å²) >= 11 is 0. The molecule has 1 atom stereocenters. The number of rotatable bonds is 3. The van der Waals surface area contributed by atoms with E-state index >= 15 is 0 Å². The third-order valence-corrected chi connectivity index (χ3v) is 2.66. The van der Waals surface area contributed by atoms with Crippen LogP contribution in [0, 0.1) is 0 Å². The number of aryl methyl sites for hydroxylation is 1. The monoisotopic (exact) mass is 191 g/mol. The molecule has 0 aromatic carbocycles. The van der Waals surface area contributed by atoms with Gasteiger partial charge in [-0.25, -0.2) is 0 Å². The highest BCUT2D eigenvalue weighted by Crippen LogP contribution is 2.04. The van der Waals surface area contributed by atoms with E-state index in [4.69, 9.17) is 0 Å². The molecule has 0 bridgehead atoms. The molecule has 2 rings (SSSR count). The van der Waals surface area contributed by atoms with Crippen molar-refractivity contribution >= 4 is 0 Å². The molecule has 0 amide bonds. The van der Waals surface area contributed by atoms with E-state index in [0.717, 1.165) is 26.1 Å². The minimum atomic E-state index is 0.636. The molecule has 1 aliphatic rings. The van der Waals surface area contributed by atoms with E-state index in [1.807, 2.05) is 12.4 Å². The fourth-order valence-corrected chi connectivity index (χ4v) is 1.81. The fourth-order valence-electron chi connectivity index (χ4n) is 1.81. The van der Waals surface area contributed by atoms with Crippen LogP contribution in [0.5, 0.6) is 0 Å².